The molecule has 0 amide bonds. The standard InChI is InChI=1S/C15H12ClNO3S2/c1-17-15(14(18)10-6-8-11(16)9-7-10)21-12-4-2-3-5-13(12)22(17,19)20/h2-9,15H,1H3. The summed E-state index contributed by atoms with van der Waals surface area (Å²) in [6.07, 6.45) is 0. The number of nitrogens with zero attached hydrogens (tertiary/aromatic N) is 1. The Balaban J connectivity index is 2.03. The zero-order chi connectivity index (χ0) is 15.9. The van der Waals surface area contributed by atoms with Gasteiger partial charge in [-0.25, -0.2) is 8.42 Å². The van der Waals surface area contributed by atoms with Gasteiger partial charge in [0, 0.05) is 22.5 Å². The van der Waals surface area contributed by atoms with E-state index in [1.54, 1.807) is 48.5 Å². The van der Waals surface area contributed by atoms with Gasteiger partial charge < -0.3 is 0 Å². The maximum absolute atomic E-state index is 12.6. The summed E-state index contributed by atoms with van der Waals surface area (Å²) in [6, 6.07) is 13.1. The summed E-state index contributed by atoms with van der Waals surface area (Å²) in [5.74, 6) is -0.262. The zero-order valence-corrected chi connectivity index (χ0v) is 14.0. The summed E-state index contributed by atoms with van der Waals surface area (Å²) in [7, 11) is -2.24. The van der Waals surface area contributed by atoms with E-state index in [9.17, 15) is 13.2 Å². The first-order valence-corrected chi connectivity index (χ1v) is 9.14. The van der Waals surface area contributed by atoms with Crippen LogP contribution in [0.5, 0.6) is 0 Å². The minimum absolute atomic E-state index is 0.239. The molecule has 0 fully saturated rings. The highest BCUT2D eigenvalue weighted by Gasteiger charge is 2.40. The Hall–Kier alpha value is -1.34. The highest BCUT2D eigenvalue weighted by molar-refractivity contribution is 8.03. The fraction of sp³-hybridized carbons (Fsp3) is 0.133. The van der Waals surface area contributed by atoms with Crippen molar-refractivity contribution in [2.24, 2.45) is 0 Å². The molecule has 0 aliphatic carbocycles. The summed E-state index contributed by atoms with van der Waals surface area (Å²) >= 11 is 7.06. The molecule has 114 valence electrons. The van der Waals surface area contributed by atoms with E-state index in [0.29, 0.717) is 15.5 Å². The Kier molecular flexibility index (Phi) is 4.03. The minimum atomic E-state index is -3.67. The number of rotatable bonds is 2. The van der Waals surface area contributed by atoms with Crippen LogP contribution in [0.4, 0.5) is 0 Å². The largest absolute Gasteiger partial charge is 0.291 e. The number of thioether (sulfide) groups is 1. The molecule has 3 rings (SSSR count). The van der Waals surface area contributed by atoms with Crippen molar-refractivity contribution in [2.75, 3.05) is 7.05 Å². The fourth-order valence-corrected chi connectivity index (χ4v) is 5.47. The molecule has 4 nitrogen and oxygen atoms in total. The van der Waals surface area contributed by atoms with E-state index in [0.717, 1.165) is 4.31 Å². The van der Waals surface area contributed by atoms with Gasteiger partial charge in [0.25, 0.3) is 0 Å². The number of sulfonamides is 1. The quantitative estimate of drug-likeness (QED) is 0.777. The van der Waals surface area contributed by atoms with Gasteiger partial charge in [-0.1, -0.05) is 35.5 Å². The Bertz CT molecular complexity index is 834. The molecule has 1 unspecified atom stereocenters. The maximum Gasteiger partial charge on any atom is 0.245 e. The van der Waals surface area contributed by atoms with Gasteiger partial charge in [0.15, 0.2) is 5.78 Å². The summed E-state index contributed by atoms with van der Waals surface area (Å²) < 4.78 is 26.2. The van der Waals surface area contributed by atoms with Crippen molar-refractivity contribution in [2.45, 2.75) is 15.2 Å². The van der Waals surface area contributed by atoms with E-state index in [2.05, 4.69) is 0 Å². The Morgan fingerprint density at radius 1 is 1.14 bits per heavy atom. The van der Waals surface area contributed by atoms with Gasteiger partial charge in [-0.05, 0) is 36.4 Å². The molecule has 0 saturated carbocycles. The number of likely N-dealkylation sites (N-methyl/N-ethyl adjacent to an activating group) is 1. The van der Waals surface area contributed by atoms with Crippen molar-refractivity contribution < 1.29 is 13.2 Å². The molecule has 2 aromatic rings. The van der Waals surface area contributed by atoms with Crippen molar-refractivity contribution in [3.63, 3.8) is 0 Å². The third kappa shape index (κ3) is 2.56. The molecule has 1 aliphatic heterocycles. The van der Waals surface area contributed by atoms with Gasteiger partial charge in [-0.15, -0.1) is 0 Å². The highest BCUT2D eigenvalue weighted by Crippen LogP contribution is 2.40. The van der Waals surface area contributed by atoms with E-state index in [1.165, 1.54) is 18.8 Å². The summed E-state index contributed by atoms with van der Waals surface area (Å²) in [5.41, 5.74) is 0.434. The van der Waals surface area contributed by atoms with Crippen LogP contribution in [0.15, 0.2) is 58.3 Å². The molecule has 0 radical (unpaired) electrons. The Morgan fingerprint density at radius 3 is 2.45 bits per heavy atom. The number of ketones is 1. The van der Waals surface area contributed by atoms with Crippen molar-refractivity contribution in [1.82, 2.24) is 4.31 Å². The SMILES string of the molecule is CN1C(C(=O)c2ccc(Cl)cc2)Sc2ccccc2S1(=O)=O. The second-order valence-corrected chi connectivity index (χ2v) is 8.33. The first-order valence-electron chi connectivity index (χ1n) is 6.45. The molecule has 0 spiro atoms. The topological polar surface area (TPSA) is 54.5 Å². The highest BCUT2D eigenvalue weighted by atomic mass is 35.5. The van der Waals surface area contributed by atoms with Crippen LogP contribution in [0.2, 0.25) is 5.02 Å². The van der Waals surface area contributed by atoms with E-state index in [4.69, 9.17) is 11.6 Å². The van der Waals surface area contributed by atoms with Crippen LogP contribution in [-0.4, -0.2) is 30.9 Å². The van der Waals surface area contributed by atoms with Crippen molar-refractivity contribution in [3.05, 3.63) is 59.1 Å². The Labute approximate surface area is 138 Å². The van der Waals surface area contributed by atoms with Crippen molar-refractivity contribution in [3.8, 4) is 0 Å². The van der Waals surface area contributed by atoms with Gasteiger partial charge >= 0.3 is 0 Å². The number of hydrogen-bond acceptors (Lipinski definition) is 4. The molecule has 0 saturated heterocycles. The molecule has 2 aromatic carbocycles. The van der Waals surface area contributed by atoms with Crippen LogP contribution < -0.4 is 0 Å². The molecule has 1 aliphatic rings. The average molecular weight is 354 g/mol. The van der Waals surface area contributed by atoms with Gasteiger partial charge in [0.1, 0.15) is 5.37 Å². The number of halogens is 1. The molecule has 0 aromatic heterocycles. The van der Waals surface area contributed by atoms with Crippen LogP contribution in [0, 0.1) is 0 Å². The van der Waals surface area contributed by atoms with E-state index in [1.807, 2.05) is 0 Å². The van der Waals surface area contributed by atoms with Gasteiger partial charge in [0.05, 0.1) is 4.90 Å². The van der Waals surface area contributed by atoms with E-state index < -0.39 is 15.4 Å². The average Bonchev–Trinajstić information content (AvgIpc) is 2.51. The van der Waals surface area contributed by atoms with Gasteiger partial charge in [0.2, 0.25) is 10.0 Å². The summed E-state index contributed by atoms with van der Waals surface area (Å²) in [6.45, 7) is 0. The fourth-order valence-electron chi connectivity index (χ4n) is 2.21. The normalized spacial score (nSPS) is 20.4. The number of Topliss-reactive ketones (excluding diaryl/α,β-unsaturated/α-hetero) is 1. The monoisotopic (exact) mass is 353 g/mol. The number of carbonyl (C=O) groups is 1. The van der Waals surface area contributed by atoms with Crippen LogP contribution >= 0.6 is 23.4 Å². The molecule has 7 heteroatoms. The van der Waals surface area contributed by atoms with Crippen LogP contribution in [0.25, 0.3) is 0 Å². The van der Waals surface area contributed by atoms with E-state index in [-0.39, 0.29) is 10.7 Å². The number of fused-ring (bicyclic) bond motifs is 1. The number of benzene rings is 2. The number of carbonyl (C=O) groups excluding carboxylic acids is 1. The third-order valence-electron chi connectivity index (χ3n) is 3.43. The minimum Gasteiger partial charge on any atom is -0.291 e. The lowest BCUT2D eigenvalue weighted by molar-refractivity contribution is 0.0955. The lowest BCUT2D eigenvalue weighted by Gasteiger charge is -2.31. The van der Waals surface area contributed by atoms with Crippen LogP contribution in [-0.2, 0) is 10.0 Å². The molecule has 22 heavy (non-hydrogen) atoms. The van der Waals surface area contributed by atoms with Gasteiger partial charge in [-0.3, -0.25) is 4.79 Å². The van der Waals surface area contributed by atoms with Crippen LogP contribution in [0.1, 0.15) is 10.4 Å². The van der Waals surface area contributed by atoms with Crippen LogP contribution in [0.3, 0.4) is 0 Å². The van der Waals surface area contributed by atoms with E-state index >= 15 is 0 Å². The predicted molar refractivity (Wildman–Crippen MR) is 86.8 cm³/mol. The van der Waals surface area contributed by atoms with Crippen molar-refractivity contribution >= 4 is 39.2 Å². The Morgan fingerprint density at radius 2 is 1.77 bits per heavy atom. The molecule has 0 bridgehead atoms. The predicted octanol–water partition coefficient (Wildman–Crippen LogP) is 3.28. The number of hydrogen-bond donors (Lipinski definition) is 0. The third-order valence-corrected chi connectivity index (χ3v) is 7.19. The first-order chi connectivity index (χ1) is 10.4. The lowest BCUT2D eigenvalue weighted by atomic mass is 10.1. The molecule has 0 N–H and O–H groups in total. The molecule has 1 heterocycles. The molecular formula is C15H12ClNO3S2. The summed E-state index contributed by atoms with van der Waals surface area (Å²) in [4.78, 5) is 13.5. The maximum atomic E-state index is 12.6. The first kappa shape index (κ1) is 15.6. The lowest BCUT2D eigenvalue weighted by Crippen LogP contribution is -2.42. The summed E-state index contributed by atoms with van der Waals surface area (Å²) in [5, 5.41) is -0.291. The zero-order valence-electron chi connectivity index (χ0n) is 11.6. The smallest absolute Gasteiger partial charge is 0.245 e. The second-order valence-electron chi connectivity index (χ2n) is 4.81. The molecular weight excluding hydrogens is 342 g/mol. The van der Waals surface area contributed by atoms with Gasteiger partial charge in [-0.2, -0.15) is 4.31 Å². The van der Waals surface area contributed by atoms with Crippen molar-refractivity contribution in [1.29, 1.82) is 0 Å². The molecule has 1 atom stereocenters. The second kappa shape index (κ2) is 5.70.